The minimum atomic E-state index is -0.296. The molecule has 0 aliphatic carbocycles. The van der Waals surface area contributed by atoms with Crippen LogP contribution >= 0.6 is 15.9 Å². The second kappa shape index (κ2) is 7.92. The molecule has 4 nitrogen and oxygen atoms in total. The number of hydrogen-bond donors (Lipinski definition) is 0. The first-order chi connectivity index (χ1) is 10.1. The average Bonchev–Trinajstić information content (AvgIpc) is 2.50. The van der Waals surface area contributed by atoms with E-state index < -0.39 is 0 Å². The van der Waals surface area contributed by atoms with Gasteiger partial charge in [0.25, 0.3) is 0 Å². The van der Waals surface area contributed by atoms with E-state index in [-0.39, 0.29) is 5.97 Å². The third-order valence-corrected chi connectivity index (χ3v) is 4.61. The van der Waals surface area contributed by atoms with Crippen molar-refractivity contribution in [3.05, 3.63) is 33.8 Å². The highest BCUT2D eigenvalue weighted by Gasteiger charge is 2.17. The largest absolute Gasteiger partial charge is 0.465 e. The van der Waals surface area contributed by atoms with Gasteiger partial charge in [-0.1, -0.05) is 28.9 Å². The summed E-state index contributed by atoms with van der Waals surface area (Å²) in [4.78, 5) is 16.5. The second-order valence-corrected chi connectivity index (χ2v) is 6.27. The van der Waals surface area contributed by atoms with Crippen LogP contribution in [0.1, 0.15) is 29.3 Å². The van der Waals surface area contributed by atoms with Crippen LogP contribution in [0.5, 0.6) is 0 Å². The van der Waals surface area contributed by atoms with Crippen molar-refractivity contribution in [2.75, 3.05) is 39.8 Å². The molecular weight excluding hydrogens is 332 g/mol. The number of methoxy groups -OCH3 is 1. The minimum absolute atomic E-state index is 0.296. The quantitative estimate of drug-likeness (QED) is 0.761. The lowest BCUT2D eigenvalue weighted by Crippen LogP contribution is -2.46. The van der Waals surface area contributed by atoms with Gasteiger partial charge < -0.3 is 9.64 Å². The fourth-order valence-electron chi connectivity index (χ4n) is 2.65. The van der Waals surface area contributed by atoms with E-state index in [1.807, 2.05) is 18.2 Å². The van der Waals surface area contributed by atoms with Gasteiger partial charge in [0.2, 0.25) is 0 Å². The lowest BCUT2D eigenvalue weighted by atomic mass is 10.1. The zero-order valence-electron chi connectivity index (χ0n) is 12.8. The summed E-state index contributed by atoms with van der Waals surface area (Å²) < 4.78 is 5.71. The number of benzene rings is 1. The molecule has 0 amide bonds. The summed E-state index contributed by atoms with van der Waals surface area (Å²) in [6, 6.07) is 5.68. The van der Waals surface area contributed by atoms with Crippen LogP contribution < -0.4 is 0 Å². The molecule has 1 aromatic carbocycles. The summed E-state index contributed by atoms with van der Waals surface area (Å²) in [6.07, 6.45) is 1.22. The van der Waals surface area contributed by atoms with Gasteiger partial charge in [-0.2, -0.15) is 0 Å². The standard InChI is InChI=1S/C16H23BrN2O2/c1-3-6-18-7-9-19(10-8-18)12-14-5-4-13(11-15(14)17)16(20)21-2/h4-5,11H,3,6-10,12H2,1-2H3. The van der Waals surface area contributed by atoms with Crippen molar-refractivity contribution in [3.8, 4) is 0 Å². The van der Waals surface area contributed by atoms with Gasteiger partial charge in [0.05, 0.1) is 12.7 Å². The van der Waals surface area contributed by atoms with Gasteiger partial charge in [-0.15, -0.1) is 0 Å². The topological polar surface area (TPSA) is 32.8 Å². The zero-order valence-corrected chi connectivity index (χ0v) is 14.4. The zero-order chi connectivity index (χ0) is 15.2. The van der Waals surface area contributed by atoms with E-state index in [9.17, 15) is 4.79 Å². The van der Waals surface area contributed by atoms with Crippen LogP contribution in [0.4, 0.5) is 0 Å². The molecule has 1 aromatic rings. The Bertz CT molecular complexity index is 485. The van der Waals surface area contributed by atoms with Gasteiger partial charge in [-0.05, 0) is 30.7 Å². The lowest BCUT2D eigenvalue weighted by Gasteiger charge is -2.34. The highest BCUT2D eigenvalue weighted by molar-refractivity contribution is 9.10. The maximum Gasteiger partial charge on any atom is 0.337 e. The molecule has 2 rings (SSSR count). The maximum absolute atomic E-state index is 11.5. The minimum Gasteiger partial charge on any atom is -0.465 e. The van der Waals surface area contributed by atoms with Crippen LogP contribution in [-0.4, -0.2) is 55.6 Å². The Hall–Kier alpha value is -0.910. The summed E-state index contributed by atoms with van der Waals surface area (Å²) in [6.45, 7) is 8.84. The number of rotatable bonds is 5. The molecule has 0 bridgehead atoms. The van der Waals surface area contributed by atoms with Gasteiger partial charge in [0.15, 0.2) is 0 Å². The number of ether oxygens (including phenoxy) is 1. The van der Waals surface area contributed by atoms with E-state index in [0.717, 1.165) is 37.2 Å². The maximum atomic E-state index is 11.5. The molecule has 0 saturated carbocycles. The first kappa shape index (κ1) is 16.5. The van der Waals surface area contributed by atoms with Crippen LogP contribution in [0.2, 0.25) is 0 Å². The fraction of sp³-hybridized carbons (Fsp3) is 0.562. The molecule has 21 heavy (non-hydrogen) atoms. The molecule has 1 saturated heterocycles. The van der Waals surface area contributed by atoms with Crippen LogP contribution in [0.15, 0.2) is 22.7 Å². The Morgan fingerprint density at radius 3 is 2.48 bits per heavy atom. The number of carbonyl (C=O) groups is 1. The van der Waals surface area contributed by atoms with Crippen molar-refractivity contribution in [1.29, 1.82) is 0 Å². The first-order valence-corrected chi connectivity index (χ1v) is 8.24. The number of piperazine rings is 1. The van der Waals surface area contributed by atoms with Crippen molar-refractivity contribution >= 4 is 21.9 Å². The van der Waals surface area contributed by atoms with E-state index in [1.54, 1.807) is 0 Å². The van der Waals surface area contributed by atoms with Crippen molar-refractivity contribution in [2.24, 2.45) is 0 Å². The highest BCUT2D eigenvalue weighted by Crippen LogP contribution is 2.21. The predicted octanol–water partition coefficient (Wildman–Crippen LogP) is 2.76. The Balaban J connectivity index is 1.93. The number of halogens is 1. The second-order valence-electron chi connectivity index (χ2n) is 5.42. The molecule has 1 fully saturated rings. The van der Waals surface area contributed by atoms with Gasteiger partial charge in [0.1, 0.15) is 0 Å². The molecule has 1 aliphatic rings. The van der Waals surface area contributed by atoms with Crippen LogP contribution in [0, 0.1) is 0 Å². The van der Waals surface area contributed by atoms with Crippen molar-refractivity contribution in [2.45, 2.75) is 19.9 Å². The Morgan fingerprint density at radius 1 is 1.24 bits per heavy atom. The van der Waals surface area contributed by atoms with E-state index in [2.05, 4.69) is 32.7 Å². The van der Waals surface area contributed by atoms with E-state index in [4.69, 9.17) is 4.74 Å². The van der Waals surface area contributed by atoms with Crippen molar-refractivity contribution in [1.82, 2.24) is 9.80 Å². The molecule has 0 aromatic heterocycles. The van der Waals surface area contributed by atoms with Gasteiger partial charge in [-0.3, -0.25) is 4.90 Å². The SMILES string of the molecule is CCCN1CCN(Cc2ccc(C(=O)OC)cc2Br)CC1. The smallest absolute Gasteiger partial charge is 0.337 e. The van der Waals surface area contributed by atoms with E-state index in [0.29, 0.717) is 5.56 Å². The molecule has 1 heterocycles. The average molecular weight is 355 g/mol. The van der Waals surface area contributed by atoms with Crippen LogP contribution in [0.25, 0.3) is 0 Å². The normalized spacial score (nSPS) is 16.9. The summed E-state index contributed by atoms with van der Waals surface area (Å²) >= 11 is 3.56. The van der Waals surface area contributed by atoms with E-state index in [1.165, 1.54) is 25.6 Å². The lowest BCUT2D eigenvalue weighted by molar-refractivity contribution is 0.0600. The third kappa shape index (κ3) is 4.53. The Labute approximate surface area is 135 Å². The monoisotopic (exact) mass is 354 g/mol. The van der Waals surface area contributed by atoms with Crippen LogP contribution in [-0.2, 0) is 11.3 Å². The van der Waals surface area contributed by atoms with Crippen molar-refractivity contribution in [3.63, 3.8) is 0 Å². The number of carbonyl (C=O) groups excluding carboxylic acids is 1. The highest BCUT2D eigenvalue weighted by atomic mass is 79.9. The molecule has 116 valence electrons. The van der Waals surface area contributed by atoms with Gasteiger partial charge in [-0.25, -0.2) is 4.79 Å². The first-order valence-electron chi connectivity index (χ1n) is 7.45. The molecule has 0 N–H and O–H groups in total. The summed E-state index contributed by atoms with van der Waals surface area (Å²) in [5.74, 6) is -0.296. The molecule has 5 heteroatoms. The number of nitrogens with zero attached hydrogens (tertiary/aromatic N) is 2. The Kier molecular flexibility index (Phi) is 6.21. The van der Waals surface area contributed by atoms with Gasteiger partial charge >= 0.3 is 5.97 Å². The molecule has 1 aliphatic heterocycles. The fourth-order valence-corrected chi connectivity index (χ4v) is 3.15. The van der Waals surface area contributed by atoms with Crippen LogP contribution in [0.3, 0.4) is 0 Å². The Morgan fingerprint density at radius 2 is 1.90 bits per heavy atom. The predicted molar refractivity (Wildman–Crippen MR) is 87.5 cm³/mol. The number of esters is 1. The summed E-state index contributed by atoms with van der Waals surface area (Å²) in [5.41, 5.74) is 1.80. The molecule has 0 spiro atoms. The molecule has 0 unspecified atom stereocenters. The summed E-state index contributed by atoms with van der Waals surface area (Å²) in [5, 5.41) is 0. The summed E-state index contributed by atoms with van der Waals surface area (Å²) in [7, 11) is 1.40. The molecular formula is C16H23BrN2O2. The van der Waals surface area contributed by atoms with Gasteiger partial charge in [0, 0.05) is 37.2 Å². The molecule has 0 atom stereocenters. The third-order valence-electron chi connectivity index (χ3n) is 3.87. The van der Waals surface area contributed by atoms with E-state index >= 15 is 0 Å². The van der Waals surface area contributed by atoms with Crippen molar-refractivity contribution < 1.29 is 9.53 Å². The number of hydrogen-bond acceptors (Lipinski definition) is 4. The molecule has 0 radical (unpaired) electrons.